The number of methoxy groups -OCH3 is 1. The highest BCUT2D eigenvalue weighted by Gasteiger charge is 2.02. The Labute approximate surface area is 73.7 Å². The molecule has 0 aliphatic carbocycles. The molecule has 0 saturated heterocycles. The van der Waals surface area contributed by atoms with Crippen LogP contribution in [-0.2, 0) is 0 Å². The lowest BCUT2D eigenvalue weighted by atomic mass is 10.4. The monoisotopic (exact) mass is 183 g/mol. The molecular formula is C7H9N3O3. The molecule has 6 heteroatoms. The van der Waals surface area contributed by atoms with Crippen LogP contribution < -0.4 is 21.3 Å². The molecule has 0 radical (unpaired) electrons. The van der Waals surface area contributed by atoms with Gasteiger partial charge in [-0.2, -0.15) is 0 Å². The lowest BCUT2D eigenvalue weighted by Gasteiger charge is -2.01. The quantitative estimate of drug-likeness (QED) is 0.595. The summed E-state index contributed by atoms with van der Waals surface area (Å²) in [4.78, 5) is 23.9. The molecule has 0 bridgehead atoms. The third kappa shape index (κ3) is 2.22. The highest BCUT2D eigenvalue weighted by Crippen LogP contribution is 2.05. The number of ether oxygens (including phenoxy) is 1. The van der Waals surface area contributed by atoms with E-state index >= 15 is 0 Å². The van der Waals surface area contributed by atoms with Gasteiger partial charge in [0.05, 0.1) is 7.11 Å². The summed E-state index contributed by atoms with van der Waals surface area (Å²) in [6.45, 7) is 0. The largest absolute Gasteiger partial charge is 0.482 e. The van der Waals surface area contributed by atoms with E-state index in [9.17, 15) is 9.59 Å². The minimum atomic E-state index is -0.782. The second kappa shape index (κ2) is 3.61. The first-order valence-electron chi connectivity index (χ1n) is 3.47. The summed E-state index contributed by atoms with van der Waals surface area (Å²) in [7, 11) is 1.42. The number of nitrogens with two attached hydrogens (primary N) is 1. The Morgan fingerprint density at radius 3 is 2.77 bits per heavy atom. The molecule has 1 aromatic rings. The fraction of sp³-hybridized carbons (Fsp3) is 0.143. The average Bonchev–Trinajstić information content (AvgIpc) is 2.08. The van der Waals surface area contributed by atoms with Crippen molar-refractivity contribution in [3.8, 4) is 5.88 Å². The summed E-state index contributed by atoms with van der Waals surface area (Å²) in [5.41, 5.74) is 4.46. The van der Waals surface area contributed by atoms with E-state index in [0.717, 1.165) is 0 Å². The number of amides is 2. The first-order valence-corrected chi connectivity index (χ1v) is 3.47. The maximum absolute atomic E-state index is 11.1. The average molecular weight is 183 g/mol. The zero-order valence-corrected chi connectivity index (χ0v) is 6.96. The summed E-state index contributed by atoms with van der Waals surface area (Å²) in [6.07, 6.45) is 0. The molecule has 1 rings (SSSR count). The van der Waals surface area contributed by atoms with Gasteiger partial charge in [0, 0.05) is 6.07 Å². The molecule has 0 aliphatic rings. The van der Waals surface area contributed by atoms with Crippen LogP contribution in [0.25, 0.3) is 0 Å². The zero-order chi connectivity index (χ0) is 9.84. The lowest BCUT2D eigenvalue weighted by molar-refractivity contribution is 0.259. The van der Waals surface area contributed by atoms with Gasteiger partial charge >= 0.3 is 6.03 Å². The second-order valence-electron chi connectivity index (χ2n) is 2.26. The standard InChI is InChI=1S/C7H9N3O3/c1-13-5-3-2-4(6(11)10-5)9-7(8)12/h2-3H,1H3,(H,10,11)(H3,8,9,12). The van der Waals surface area contributed by atoms with Crippen molar-refractivity contribution < 1.29 is 9.53 Å². The van der Waals surface area contributed by atoms with Crippen molar-refractivity contribution in [2.75, 3.05) is 12.4 Å². The Morgan fingerprint density at radius 2 is 2.31 bits per heavy atom. The zero-order valence-electron chi connectivity index (χ0n) is 6.96. The Morgan fingerprint density at radius 1 is 1.62 bits per heavy atom. The van der Waals surface area contributed by atoms with Crippen LogP contribution in [-0.4, -0.2) is 18.1 Å². The van der Waals surface area contributed by atoms with E-state index in [1.54, 1.807) is 0 Å². The Hall–Kier alpha value is -1.98. The number of aromatic amines is 1. The predicted molar refractivity (Wildman–Crippen MR) is 46.8 cm³/mol. The maximum atomic E-state index is 11.1. The van der Waals surface area contributed by atoms with Gasteiger partial charge in [-0.05, 0) is 6.07 Å². The third-order valence-electron chi connectivity index (χ3n) is 1.36. The number of carbonyl (C=O) groups is 1. The summed E-state index contributed by atoms with van der Waals surface area (Å²) in [5.74, 6) is 0.319. The highest BCUT2D eigenvalue weighted by molar-refractivity contribution is 5.87. The number of H-pyrrole nitrogens is 1. The number of aromatic nitrogens is 1. The van der Waals surface area contributed by atoms with E-state index in [0.29, 0.717) is 5.88 Å². The van der Waals surface area contributed by atoms with Gasteiger partial charge in [-0.1, -0.05) is 0 Å². The summed E-state index contributed by atoms with van der Waals surface area (Å²) >= 11 is 0. The maximum Gasteiger partial charge on any atom is 0.316 e. The Bertz CT molecular complexity index is 371. The van der Waals surface area contributed by atoms with Crippen LogP contribution in [0.15, 0.2) is 16.9 Å². The highest BCUT2D eigenvalue weighted by atomic mass is 16.5. The molecular weight excluding hydrogens is 174 g/mol. The van der Waals surface area contributed by atoms with Crippen LogP contribution in [0.1, 0.15) is 0 Å². The van der Waals surface area contributed by atoms with Crippen molar-refractivity contribution in [1.29, 1.82) is 0 Å². The van der Waals surface area contributed by atoms with Crippen molar-refractivity contribution in [2.24, 2.45) is 5.73 Å². The fourth-order valence-corrected chi connectivity index (χ4v) is 0.806. The van der Waals surface area contributed by atoms with Crippen LogP contribution in [0, 0.1) is 0 Å². The molecule has 0 fully saturated rings. The molecule has 1 aromatic heterocycles. The number of hydrogen-bond acceptors (Lipinski definition) is 3. The SMILES string of the molecule is COc1ccc(NC(N)=O)c(=O)[nH]1. The number of nitrogens with one attached hydrogen (secondary N) is 2. The number of urea groups is 1. The van der Waals surface area contributed by atoms with E-state index in [2.05, 4.69) is 10.3 Å². The molecule has 0 atom stereocenters. The van der Waals surface area contributed by atoms with Crippen LogP contribution >= 0.6 is 0 Å². The molecule has 0 unspecified atom stereocenters. The van der Waals surface area contributed by atoms with Crippen LogP contribution in [0.2, 0.25) is 0 Å². The number of hydrogen-bond donors (Lipinski definition) is 3. The van der Waals surface area contributed by atoms with Gasteiger partial charge in [0.1, 0.15) is 5.69 Å². The predicted octanol–water partition coefficient (Wildman–Crippen LogP) is -0.126. The Kier molecular flexibility index (Phi) is 2.53. The molecule has 4 N–H and O–H groups in total. The number of primary amides is 1. The number of pyridine rings is 1. The lowest BCUT2D eigenvalue weighted by Crippen LogP contribution is -2.24. The number of rotatable bonds is 2. The molecule has 0 saturated carbocycles. The fourth-order valence-electron chi connectivity index (χ4n) is 0.806. The van der Waals surface area contributed by atoms with Gasteiger partial charge in [-0.3, -0.25) is 9.78 Å². The molecule has 6 nitrogen and oxygen atoms in total. The number of carbonyl (C=O) groups excluding carboxylic acids is 1. The van der Waals surface area contributed by atoms with Crippen LogP contribution in [0.5, 0.6) is 5.88 Å². The van der Waals surface area contributed by atoms with E-state index in [4.69, 9.17) is 10.5 Å². The van der Waals surface area contributed by atoms with Gasteiger partial charge in [0.15, 0.2) is 5.88 Å². The molecule has 0 aromatic carbocycles. The second-order valence-corrected chi connectivity index (χ2v) is 2.26. The van der Waals surface area contributed by atoms with Crippen molar-refractivity contribution in [2.45, 2.75) is 0 Å². The van der Waals surface area contributed by atoms with Gasteiger partial charge < -0.3 is 15.8 Å². The van der Waals surface area contributed by atoms with Crippen LogP contribution in [0.3, 0.4) is 0 Å². The van der Waals surface area contributed by atoms with Crippen molar-refractivity contribution in [3.63, 3.8) is 0 Å². The van der Waals surface area contributed by atoms with Gasteiger partial charge in [-0.15, -0.1) is 0 Å². The first-order chi connectivity index (χ1) is 6.13. The molecule has 0 spiro atoms. The van der Waals surface area contributed by atoms with E-state index < -0.39 is 11.6 Å². The summed E-state index contributed by atoms with van der Waals surface area (Å²) in [6, 6.07) is 2.13. The van der Waals surface area contributed by atoms with E-state index in [1.165, 1.54) is 19.2 Å². The summed E-state index contributed by atoms with van der Waals surface area (Å²) in [5, 5.41) is 2.16. The topological polar surface area (TPSA) is 97.2 Å². The molecule has 1 heterocycles. The van der Waals surface area contributed by atoms with Gasteiger partial charge in [0.2, 0.25) is 0 Å². The minimum Gasteiger partial charge on any atom is -0.482 e. The minimum absolute atomic E-state index is 0.0910. The normalized spacial score (nSPS) is 9.31. The van der Waals surface area contributed by atoms with Gasteiger partial charge in [-0.25, -0.2) is 4.79 Å². The number of anilines is 1. The first kappa shape index (κ1) is 9.11. The molecule has 2 amide bonds. The van der Waals surface area contributed by atoms with E-state index in [-0.39, 0.29) is 5.69 Å². The molecule has 13 heavy (non-hydrogen) atoms. The van der Waals surface area contributed by atoms with E-state index in [1.807, 2.05) is 0 Å². The van der Waals surface area contributed by atoms with Crippen molar-refractivity contribution >= 4 is 11.7 Å². The van der Waals surface area contributed by atoms with Crippen molar-refractivity contribution in [1.82, 2.24) is 4.98 Å². The molecule has 70 valence electrons. The Balaban J connectivity index is 2.99. The third-order valence-corrected chi connectivity index (χ3v) is 1.36. The van der Waals surface area contributed by atoms with Gasteiger partial charge in [0.25, 0.3) is 5.56 Å². The van der Waals surface area contributed by atoms with Crippen molar-refractivity contribution in [3.05, 3.63) is 22.5 Å². The summed E-state index contributed by atoms with van der Waals surface area (Å²) < 4.78 is 4.76. The van der Waals surface area contributed by atoms with Crippen LogP contribution in [0.4, 0.5) is 10.5 Å². The molecule has 0 aliphatic heterocycles. The smallest absolute Gasteiger partial charge is 0.316 e.